The minimum Gasteiger partial charge on any atom is -0.467 e. The van der Waals surface area contributed by atoms with Crippen molar-refractivity contribution >= 4 is 11.9 Å². The number of esters is 1. The van der Waals surface area contributed by atoms with Crippen molar-refractivity contribution in [1.29, 1.82) is 0 Å². The van der Waals surface area contributed by atoms with E-state index in [1.807, 2.05) is 0 Å². The van der Waals surface area contributed by atoms with Crippen LogP contribution in [-0.4, -0.2) is 30.1 Å². The normalized spacial score (nSPS) is 13.6. The molecule has 2 N–H and O–H groups in total. The van der Waals surface area contributed by atoms with Crippen LogP contribution in [0.1, 0.15) is 36.5 Å². The van der Waals surface area contributed by atoms with E-state index in [-0.39, 0.29) is 12.0 Å². The predicted octanol–water partition coefficient (Wildman–Crippen LogP) is 2.75. The summed E-state index contributed by atoms with van der Waals surface area (Å²) in [6, 6.07) is 2.61. The molecule has 0 spiro atoms. The number of allylic oxidation sites excluding steroid dienone is 1. The number of amides is 1. The molecule has 0 aliphatic heterocycles. The minimum absolute atomic E-state index is 0.0137. The summed E-state index contributed by atoms with van der Waals surface area (Å²) >= 11 is 0. The first kappa shape index (κ1) is 20.7. The van der Waals surface area contributed by atoms with E-state index in [0.717, 1.165) is 24.3 Å². The summed E-state index contributed by atoms with van der Waals surface area (Å²) in [5.41, 5.74) is -0.902. The van der Waals surface area contributed by atoms with Crippen LogP contribution < -0.4 is 5.32 Å². The standard InChI is InChI=1S/C17H20F3NO4/c1-3-4-5-6-13(16(24)25-2)21-15(23)14(22)11-7-9-12(10-8-11)17(18,19)20/h3,7-10,13-14,22H,1,4-6H2,2H3,(H,21,23)/t13-,14-/m0/s1. The number of carbonyl (C=O) groups is 2. The van der Waals surface area contributed by atoms with Crippen molar-refractivity contribution in [1.82, 2.24) is 5.32 Å². The Hall–Kier alpha value is -2.35. The van der Waals surface area contributed by atoms with Crippen molar-refractivity contribution in [2.45, 2.75) is 37.6 Å². The molecule has 0 heterocycles. The molecule has 0 bridgehead atoms. The van der Waals surface area contributed by atoms with Gasteiger partial charge in [0.25, 0.3) is 5.91 Å². The molecule has 0 radical (unpaired) electrons. The van der Waals surface area contributed by atoms with Gasteiger partial charge in [-0.1, -0.05) is 18.2 Å². The highest BCUT2D eigenvalue weighted by Crippen LogP contribution is 2.30. The van der Waals surface area contributed by atoms with Crippen molar-refractivity contribution in [3.8, 4) is 0 Å². The summed E-state index contributed by atoms with van der Waals surface area (Å²) in [5, 5.41) is 12.3. The zero-order valence-electron chi connectivity index (χ0n) is 13.7. The van der Waals surface area contributed by atoms with Gasteiger partial charge in [-0.05, 0) is 37.0 Å². The molecule has 0 unspecified atom stereocenters. The highest BCUT2D eigenvalue weighted by molar-refractivity contribution is 5.87. The Morgan fingerprint density at radius 3 is 2.40 bits per heavy atom. The molecule has 25 heavy (non-hydrogen) atoms. The van der Waals surface area contributed by atoms with Gasteiger partial charge in [0, 0.05) is 0 Å². The van der Waals surface area contributed by atoms with Gasteiger partial charge in [-0.2, -0.15) is 13.2 Å². The molecule has 0 aromatic heterocycles. The number of alkyl halides is 3. The summed E-state index contributed by atoms with van der Waals surface area (Å²) in [4.78, 5) is 23.8. The van der Waals surface area contributed by atoms with Crippen molar-refractivity contribution in [3.05, 3.63) is 48.0 Å². The number of benzene rings is 1. The van der Waals surface area contributed by atoms with E-state index >= 15 is 0 Å². The van der Waals surface area contributed by atoms with Crippen LogP contribution in [0.15, 0.2) is 36.9 Å². The van der Waals surface area contributed by atoms with Gasteiger partial charge >= 0.3 is 12.1 Å². The van der Waals surface area contributed by atoms with Crippen LogP contribution in [-0.2, 0) is 20.5 Å². The average Bonchev–Trinajstić information content (AvgIpc) is 2.58. The Bertz CT molecular complexity index is 599. The van der Waals surface area contributed by atoms with Crippen LogP contribution in [0.3, 0.4) is 0 Å². The fourth-order valence-corrected chi connectivity index (χ4v) is 2.11. The van der Waals surface area contributed by atoms with E-state index in [1.54, 1.807) is 6.08 Å². The number of nitrogens with one attached hydrogen (secondary N) is 1. The number of rotatable bonds is 8. The van der Waals surface area contributed by atoms with Gasteiger partial charge in [-0.25, -0.2) is 4.79 Å². The number of aliphatic hydroxyl groups excluding tert-OH is 1. The van der Waals surface area contributed by atoms with E-state index in [2.05, 4.69) is 16.6 Å². The molecule has 0 saturated heterocycles. The minimum atomic E-state index is -4.51. The van der Waals surface area contributed by atoms with Crippen LogP contribution in [0.4, 0.5) is 13.2 Å². The second kappa shape index (κ2) is 9.22. The molecule has 138 valence electrons. The van der Waals surface area contributed by atoms with Crippen molar-refractivity contribution < 1.29 is 32.6 Å². The van der Waals surface area contributed by atoms with Crippen LogP contribution in [0.25, 0.3) is 0 Å². The van der Waals surface area contributed by atoms with Crippen LogP contribution >= 0.6 is 0 Å². The Balaban J connectivity index is 2.78. The molecule has 0 aliphatic rings. The number of aliphatic hydroxyl groups is 1. The van der Waals surface area contributed by atoms with Gasteiger partial charge in [0.05, 0.1) is 12.7 Å². The highest BCUT2D eigenvalue weighted by atomic mass is 19.4. The fourth-order valence-electron chi connectivity index (χ4n) is 2.11. The molecule has 8 heteroatoms. The van der Waals surface area contributed by atoms with Crippen molar-refractivity contribution in [2.75, 3.05) is 7.11 Å². The third-order valence-corrected chi connectivity index (χ3v) is 3.51. The van der Waals surface area contributed by atoms with Gasteiger partial charge in [0.2, 0.25) is 0 Å². The summed E-state index contributed by atoms with van der Waals surface area (Å²) in [6.07, 6.45) is -3.07. The summed E-state index contributed by atoms with van der Waals surface area (Å²) in [5.74, 6) is -1.56. The maximum Gasteiger partial charge on any atom is 0.416 e. The van der Waals surface area contributed by atoms with Crippen LogP contribution in [0, 0.1) is 0 Å². The zero-order valence-corrected chi connectivity index (χ0v) is 13.7. The molecular formula is C17H20F3NO4. The number of methoxy groups -OCH3 is 1. The maximum absolute atomic E-state index is 12.5. The van der Waals surface area contributed by atoms with Crippen LogP contribution in [0.5, 0.6) is 0 Å². The zero-order chi connectivity index (χ0) is 19.0. The molecule has 1 amide bonds. The van der Waals surface area contributed by atoms with Gasteiger partial charge in [0.1, 0.15) is 6.04 Å². The Kier molecular flexibility index (Phi) is 7.63. The molecule has 0 saturated carbocycles. The van der Waals surface area contributed by atoms with Gasteiger partial charge in [0.15, 0.2) is 6.10 Å². The number of unbranched alkanes of at least 4 members (excludes halogenated alkanes) is 1. The SMILES string of the molecule is C=CCCC[C@H](NC(=O)[C@@H](O)c1ccc(C(F)(F)F)cc1)C(=O)OC. The fraction of sp³-hybridized carbons (Fsp3) is 0.412. The van der Waals surface area contributed by atoms with E-state index in [4.69, 9.17) is 0 Å². The first-order valence-electron chi connectivity index (χ1n) is 7.55. The Morgan fingerprint density at radius 1 is 1.32 bits per heavy atom. The third-order valence-electron chi connectivity index (χ3n) is 3.51. The molecule has 5 nitrogen and oxygen atoms in total. The lowest BCUT2D eigenvalue weighted by Gasteiger charge is -2.19. The van der Waals surface area contributed by atoms with Gasteiger partial charge in [-0.3, -0.25) is 4.79 Å². The number of hydrogen-bond donors (Lipinski definition) is 2. The molecule has 0 aliphatic carbocycles. The Labute approximate surface area is 143 Å². The summed E-state index contributed by atoms with van der Waals surface area (Å²) < 4.78 is 42.2. The van der Waals surface area contributed by atoms with Crippen molar-refractivity contribution in [3.63, 3.8) is 0 Å². The van der Waals surface area contributed by atoms with E-state index in [0.29, 0.717) is 12.8 Å². The van der Waals surface area contributed by atoms with Crippen LogP contribution in [0.2, 0.25) is 0 Å². The first-order valence-corrected chi connectivity index (χ1v) is 7.55. The van der Waals surface area contributed by atoms with Gasteiger partial charge < -0.3 is 15.2 Å². The summed E-state index contributed by atoms with van der Waals surface area (Å²) in [6.45, 7) is 3.55. The molecule has 1 aromatic carbocycles. The predicted molar refractivity (Wildman–Crippen MR) is 84.4 cm³/mol. The van der Waals surface area contributed by atoms with E-state index < -0.39 is 35.8 Å². The smallest absolute Gasteiger partial charge is 0.416 e. The number of carbonyl (C=O) groups excluding carboxylic acids is 2. The number of ether oxygens (including phenoxy) is 1. The lowest BCUT2D eigenvalue weighted by atomic mass is 10.0. The third kappa shape index (κ3) is 6.22. The highest BCUT2D eigenvalue weighted by Gasteiger charge is 2.31. The lowest BCUT2D eigenvalue weighted by Crippen LogP contribution is -2.43. The first-order chi connectivity index (χ1) is 11.7. The molecule has 1 rings (SSSR count). The van der Waals surface area contributed by atoms with E-state index in [1.165, 1.54) is 7.11 Å². The molecule has 2 atom stereocenters. The second-order valence-corrected chi connectivity index (χ2v) is 5.33. The van der Waals surface area contributed by atoms with Crippen molar-refractivity contribution in [2.24, 2.45) is 0 Å². The number of halogens is 3. The molecule has 0 fully saturated rings. The lowest BCUT2D eigenvalue weighted by molar-refractivity contribution is -0.146. The topological polar surface area (TPSA) is 75.6 Å². The monoisotopic (exact) mass is 359 g/mol. The Morgan fingerprint density at radius 2 is 1.92 bits per heavy atom. The molecular weight excluding hydrogens is 339 g/mol. The molecule has 1 aromatic rings. The van der Waals surface area contributed by atoms with Gasteiger partial charge in [-0.15, -0.1) is 6.58 Å². The largest absolute Gasteiger partial charge is 0.467 e. The second-order valence-electron chi connectivity index (χ2n) is 5.33. The maximum atomic E-state index is 12.5. The van der Waals surface area contributed by atoms with E-state index in [9.17, 15) is 27.9 Å². The quantitative estimate of drug-likeness (QED) is 0.425. The average molecular weight is 359 g/mol. The summed E-state index contributed by atoms with van der Waals surface area (Å²) in [7, 11) is 1.17. The number of hydrogen-bond acceptors (Lipinski definition) is 4.